The van der Waals surface area contributed by atoms with E-state index in [0.29, 0.717) is 35.8 Å². The summed E-state index contributed by atoms with van der Waals surface area (Å²) in [5.41, 5.74) is 1.33. The summed E-state index contributed by atoms with van der Waals surface area (Å²) >= 11 is 0. The molecule has 1 aliphatic rings. The third-order valence-electron chi connectivity index (χ3n) is 4.85. The first-order valence-electron chi connectivity index (χ1n) is 9.44. The van der Waals surface area contributed by atoms with E-state index in [4.69, 9.17) is 9.47 Å². The van der Waals surface area contributed by atoms with Gasteiger partial charge in [0.05, 0.1) is 23.7 Å². The van der Waals surface area contributed by atoms with Crippen molar-refractivity contribution in [1.82, 2.24) is 14.9 Å². The highest BCUT2D eigenvalue weighted by molar-refractivity contribution is 5.79. The number of nitrogens with zero attached hydrogens (tertiary/aromatic N) is 2. The number of likely N-dealkylation sites (tertiary alicyclic amines) is 1. The number of amides is 1. The minimum atomic E-state index is -0.314. The van der Waals surface area contributed by atoms with Gasteiger partial charge in [-0.05, 0) is 62.2 Å². The van der Waals surface area contributed by atoms with Crippen molar-refractivity contribution in [3.63, 3.8) is 0 Å². The van der Waals surface area contributed by atoms with Crippen LogP contribution in [0.4, 0.5) is 4.39 Å². The third kappa shape index (κ3) is 3.78. The molecule has 2 aromatic carbocycles. The number of nitrogens with one attached hydrogen (secondary N) is 1. The van der Waals surface area contributed by atoms with Crippen LogP contribution in [0.25, 0.3) is 11.0 Å². The number of benzene rings is 2. The van der Waals surface area contributed by atoms with Crippen LogP contribution in [-0.4, -0.2) is 40.5 Å². The number of aromatic nitrogens is 2. The van der Waals surface area contributed by atoms with E-state index in [-0.39, 0.29) is 24.4 Å². The smallest absolute Gasteiger partial charge is 0.261 e. The lowest BCUT2D eigenvalue weighted by Gasteiger charge is -2.23. The molecule has 0 bridgehead atoms. The van der Waals surface area contributed by atoms with E-state index in [1.54, 1.807) is 23.1 Å². The molecule has 1 aromatic heterocycles. The average molecular weight is 383 g/mol. The van der Waals surface area contributed by atoms with Gasteiger partial charge in [0.25, 0.3) is 5.91 Å². The number of fused-ring (bicyclic) bond motifs is 1. The Morgan fingerprint density at radius 3 is 2.71 bits per heavy atom. The predicted octanol–water partition coefficient (Wildman–Crippen LogP) is 3.84. The van der Waals surface area contributed by atoms with E-state index in [0.717, 1.165) is 18.6 Å². The number of carbonyl (C=O) groups excluding carboxylic acids is 1. The standard InChI is InChI=1S/C21H22FN3O3/c1-2-27-15-6-8-16(9-7-15)28-13-20(26)25-11-3-4-19(25)21-23-17-10-5-14(22)12-18(17)24-21/h5-10,12,19H,2-4,11,13H2,1H3,(H,23,24). The second-order valence-corrected chi connectivity index (χ2v) is 6.72. The number of imidazole rings is 1. The molecule has 6 nitrogen and oxygen atoms in total. The summed E-state index contributed by atoms with van der Waals surface area (Å²) in [5.74, 6) is 1.66. The SMILES string of the molecule is CCOc1ccc(OCC(=O)N2CCCC2c2nc3ccc(F)cc3[nH]2)cc1. The summed E-state index contributed by atoms with van der Waals surface area (Å²) in [4.78, 5) is 22.2. The quantitative estimate of drug-likeness (QED) is 0.702. The monoisotopic (exact) mass is 383 g/mol. The third-order valence-corrected chi connectivity index (χ3v) is 4.85. The second-order valence-electron chi connectivity index (χ2n) is 6.72. The molecule has 7 heteroatoms. The number of halogens is 1. The molecular weight excluding hydrogens is 361 g/mol. The van der Waals surface area contributed by atoms with Gasteiger partial charge in [-0.15, -0.1) is 0 Å². The van der Waals surface area contributed by atoms with Crippen molar-refractivity contribution < 1.29 is 18.7 Å². The molecule has 3 aromatic rings. The number of hydrogen-bond acceptors (Lipinski definition) is 4. The largest absolute Gasteiger partial charge is 0.494 e. The van der Waals surface area contributed by atoms with Crippen molar-refractivity contribution in [2.75, 3.05) is 19.8 Å². The lowest BCUT2D eigenvalue weighted by molar-refractivity contribution is -0.134. The Kier molecular flexibility index (Phi) is 5.14. The molecule has 0 radical (unpaired) electrons. The number of hydrogen-bond donors (Lipinski definition) is 1. The van der Waals surface area contributed by atoms with Gasteiger partial charge in [-0.3, -0.25) is 4.79 Å². The summed E-state index contributed by atoms with van der Waals surface area (Å²) in [7, 11) is 0. The number of carbonyl (C=O) groups is 1. The summed E-state index contributed by atoms with van der Waals surface area (Å²) in [6.45, 7) is 3.14. The van der Waals surface area contributed by atoms with Gasteiger partial charge in [0, 0.05) is 6.54 Å². The average Bonchev–Trinajstić information content (AvgIpc) is 3.33. The van der Waals surface area contributed by atoms with E-state index in [1.165, 1.54) is 12.1 Å². The topological polar surface area (TPSA) is 67.5 Å². The van der Waals surface area contributed by atoms with Crippen molar-refractivity contribution in [1.29, 1.82) is 0 Å². The van der Waals surface area contributed by atoms with Gasteiger partial charge in [-0.25, -0.2) is 9.37 Å². The van der Waals surface area contributed by atoms with Crippen molar-refractivity contribution in [2.24, 2.45) is 0 Å². The van der Waals surface area contributed by atoms with Gasteiger partial charge >= 0.3 is 0 Å². The lowest BCUT2D eigenvalue weighted by atomic mass is 10.2. The first-order valence-corrected chi connectivity index (χ1v) is 9.44. The van der Waals surface area contributed by atoms with E-state index >= 15 is 0 Å². The van der Waals surface area contributed by atoms with E-state index < -0.39 is 0 Å². The Morgan fingerprint density at radius 2 is 1.96 bits per heavy atom. The molecule has 146 valence electrons. The molecule has 2 heterocycles. The number of ether oxygens (including phenoxy) is 2. The molecule has 0 aliphatic carbocycles. The predicted molar refractivity (Wildman–Crippen MR) is 103 cm³/mol. The second kappa shape index (κ2) is 7.88. The maximum absolute atomic E-state index is 13.4. The van der Waals surface area contributed by atoms with Crippen molar-refractivity contribution in [3.8, 4) is 11.5 Å². The molecule has 1 atom stereocenters. The van der Waals surface area contributed by atoms with Crippen LogP contribution < -0.4 is 9.47 Å². The van der Waals surface area contributed by atoms with Crippen LogP contribution in [0.15, 0.2) is 42.5 Å². The molecule has 1 aliphatic heterocycles. The molecule has 28 heavy (non-hydrogen) atoms. The fraction of sp³-hybridized carbons (Fsp3) is 0.333. The fourth-order valence-electron chi connectivity index (χ4n) is 3.54. The Bertz CT molecular complexity index is 971. The maximum atomic E-state index is 13.4. The van der Waals surface area contributed by atoms with Crippen molar-refractivity contribution in [3.05, 3.63) is 54.1 Å². The van der Waals surface area contributed by atoms with E-state index in [9.17, 15) is 9.18 Å². The molecule has 1 amide bonds. The molecular formula is C21H22FN3O3. The van der Waals surface area contributed by atoms with Gasteiger partial charge in [-0.1, -0.05) is 0 Å². The summed E-state index contributed by atoms with van der Waals surface area (Å²) < 4.78 is 24.5. The van der Waals surface area contributed by atoms with Crippen molar-refractivity contribution >= 4 is 16.9 Å². The molecule has 1 N–H and O–H groups in total. The molecule has 0 saturated carbocycles. The summed E-state index contributed by atoms with van der Waals surface area (Å²) in [6.07, 6.45) is 1.71. The molecule has 0 spiro atoms. The molecule has 1 fully saturated rings. The van der Waals surface area contributed by atoms with Crippen LogP contribution in [0.3, 0.4) is 0 Å². The van der Waals surface area contributed by atoms with Crippen LogP contribution >= 0.6 is 0 Å². The van der Waals surface area contributed by atoms with Crippen LogP contribution in [0.5, 0.6) is 11.5 Å². The van der Waals surface area contributed by atoms with Gasteiger partial charge < -0.3 is 19.4 Å². The lowest BCUT2D eigenvalue weighted by Crippen LogP contribution is -2.34. The van der Waals surface area contributed by atoms with Crippen LogP contribution in [0.2, 0.25) is 0 Å². The minimum absolute atomic E-state index is 0.0423. The number of aromatic amines is 1. The number of H-pyrrole nitrogens is 1. The molecule has 1 unspecified atom stereocenters. The summed E-state index contributed by atoms with van der Waals surface area (Å²) in [5, 5.41) is 0. The zero-order chi connectivity index (χ0) is 19.5. The first-order chi connectivity index (χ1) is 13.6. The van der Waals surface area contributed by atoms with Gasteiger partial charge in [-0.2, -0.15) is 0 Å². The first kappa shape index (κ1) is 18.3. The van der Waals surface area contributed by atoms with Gasteiger partial charge in [0.1, 0.15) is 23.1 Å². The van der Waals surface area contributed by atoms with E-state index in [1.807, 2.05) is 19.1 Å². The van der Waals surface area contributed by atoms with Crippen molar-refractivity contribution in [2.45, 2.75) is 25.8 Å². The Labute approximate surface area is 162 Å². The van der Waals surface area contributed by atoms with E-state index in [2.05, 4.69) is 9.97 Å². The Hall–Kier alpha value is -3.09. The fourth-order valence-corrected chi connectivity index (χ4v) is 3.54. The van der Waals surface area contributed by atoms with Gasteiger partial charge in [0.2, 0.25) is 0 Å². The van der Waals surface area contributed by atoms with Crippen LogP contribution in [-0.2, 0) is 4.79 Å². The normalized spacial score (nSPS) is 16.5. The molecule has 4 rings (SSSR count). The highest BCUT2D eigenvalue weighted by Crippen LogP contribution is 2.31. The number of rotatable bonds is 6. The highest BCUT2D eigenvalue weighted by Gasteiger charge is 2.32. The highest BCUT2D eigenvalue weighted by atomic mass is 19.1. The Balaban J connectivity index is 1.42. The summed E-state index contributed by atoms with van der Waals surface area (Å²) in [6, 6.07) is 11.5. The van der Waals surface area contributed by atoms with Crippen LogP contribution in [0.1, 0.15) is 31.6 Å². The zero-order valence-corrected chi connectivity index (χ0v) is 15.7. The molecule has 1 saturated heterocycles. The Morgan fingerprint density at radius 1 is 1.21 bits per heavy atom. The van der Waals surface area contributed by atoms with Gasteiger partial charge in [0.15, 0.2) is 6.61 Å². The minimum Gasteiger partial charge on any atom is -0.494 e. The van der Waals surface area contributed by atoms with Crippen LogP contribution in [0, 0.1) is 5.82 Å². The zero-order valence-electron chi connectivity index (χ0n) is 15.7. The maximum Gasteiger partial charge on any atom is 0.261 e.